The molecule has 0 saturated carbocycles. The molecular formula is C20H12N2O7. The molecule has 2 heterocycles. The van der Waals surface area contributed by atoms with Gasteiger partial charge in [0.05, 0.1) is 22.5 Å². The number of ether oxygens (including phenoxy) is 1. The molecule has 4 amide bonds. The van der Waals surface area contributed by atoms with Crippen LogP contribution in [0, 0.1) is 13.8 Å². The predicted octanol–water partition coefficient (Wildman–Crippen LogP) is 2.32. The summed E-state index contributed by atoms with van der Waals surface area (Å²) in [5.41, 5.74) is 1.30. The number of anilines is 2. The Morgan fingerprint density at radius 3 is 1.45 bits per heavy atom. The number of rotatable bonds is 0. The van der Waals surface area contributed by atoms with E-state index in [9.17, 15) is 28.8 Å². The smallest absolute Gasteiger partial charge is 0.358 e. The van der Waals surface area contributed by atoms with Gasteiger partial charge in [0.25, 0.3) is 11.6 Å². The number of nitrogens with zero attached hydrogens (tertiary/aromatic N) is 2. The van der Waals surface area contributed by atoms with Crippen LogP contribution in [0.1, 0.15) is 31.8 Å². The van der Waals surface area contributed by atoms with Crippen molar-refractivity contribution < 1.29 is 33.5 Å². The molecule has 0 spiro atoms. The number of Topliss-reactive ketones (excluding diaryl/α,β-unsaturated/α-hetero) is 2. The second-order valence-corrected chi connectivity index (χ2v) is 6.61. The highest BCUT2D eigenvalue weighted by Crippen LogP contribution is 2.33. The first kappa shape index (κ1) is 18.2. The molecule has 2 aliphatic heterocycles. The first-order valence-electron chi connectivity index (χ1n) is 8.45. The van der Waals surface area contributed by atoms with Crippen molar-refractivity contribution in [2.75, 3.05) is 9.80 Å². The summed E-state index contributed by atoms with van der Waals surface area (Å²) in [5, 5.41) is 0. The van der Waals surface area contributed by atoms with Crippen molar-refractivity contribution in [3.8, 4) is 0 Å². The minimum atomic E-state index is -1.45. The molecule has 0 unspecified atom stereocenters. The molecule has 2 aromatic carbocycles. The Morgan fingerprint density at radius 1 is 0.690 bits per heavy atom. The molecule has 2 aliphatic rings. The number of hydrogen-bond donors (Lipinski definition) is 0. The van der Waals surface area contributed by atoms with Crippen LogP contribution in [0.25, 0.3) is 0 Å². The maximum absolute atomic E-state index is 12.5. The average Bonchev–Trinajstić information content (AvgIpc) is 3.05. The second kappa shape index (κ2) is 6.20. The van der Waals surface area contributed by atoms with Gasteiger partial charge in [-0.05, 0) is 49.2 Å². The Morgan fingerprint density at radius 2 is 1.07 bits per heavy atom. The zero-order chi connectivity index (χ0) is 21.0. The van der Waals surface area contributed by atoms with Gasteiger partial charge in [0.2, 0.25) is 0 Å². The fourth-order valence-electron chi connectivity index (χ4n) is 3.22. The molecule has 9 heteroatoms. The minimum Gasteiger partial charge on any atom is -0.358 e. The van der Waals surface area contributed by atoms with Gasteiger partial charge in [-0.15, -0.1) is 0 Å². The van der Waals surface area contributed by atoms with Gasteiger partial charge >= 0.3 is 24.0 Å². The maximum atomic E-state index is 12.5. The molecule has 144 valence electrons. The van der Waals surface area contributed by atoms with Gasteiger partial charge in [-0.3, -0.25) is 19.2 Å². The third-order valence-electron chi connectivity index (χ3n) is 4.61. The summed E-state index contributed by atoms with van der Waals surface area (Å²) in [4.78, 5) is 74.4. The third-order valence-corrected chi connectivity index (χ3v) is 4.61. The number of imide groups is 2. The third kappa shape index (κ3) is 2.63. The van der Waals surface area contributed by atoms with Crippen LogP contribution in [-0.2, 0) is 14.3 Å². The summed E-state index contributed by atoms with van der Waals surface area (Å²) in [6, 6.07) is 8.82. The molecule has 9 nitrogen and oxygen atoms in total. The quantitative estimate of drug-likeness (QED) is 0.499. The number of fused-ring (bicyclic) bond motifs is 2. The molecule has 0 fully saturated rings. The molecular weight excluding hydrogens is 380 g/mol. The maximum Gasteiger partial charge on any atom is 0.430 e. The summed E-state index contributed by atoms with van der Waals surface area (Å²) >= 11 is 0. The van der Waals surface area contributed by atoms with Crippen LogP contribution < -0.4 is 9.80 Å². The SMILES string of the molecule is Cc1ccc2c(c1)N(C(=O)OC(=O)N1C(=O)C(=O)c3ccc(C)cc31)C(=O)C2=O. The molecule has 0 aromatic heterocycles. The van der Waals surface area contributed by atoms with Crippen molar-refractivity contribution in [3.05, 3.63) is 58.7 Å². The lowest BCUT2D eigenvalue weighted by atomic mass is 10.1. The van der Waals surface area contributed by atoms with Crippen molar-refractivity contribution in [1.29, 1.82) is 0 Å². The van der Waals surface area contributed by atoms with E-state index in [1.54, 1.807) is 26.0 Å². The summed E-state index contributed by atoms with van der Waals surface area (Å²) in [6.45, 7) is 3.38. The molecule has 0 atom stereocenters. The highest BCUT2D eigenvalue weighted by Gasteiger charge is 2.45. The number of aryl methyl sites for hydroxylation is 2. The van der Waals surface area contributed by atoms with Gasteiger partial charge in [-0.25, -0.2) is 19.4 Å². The van der Waals surface area contributed by atoms with E-state index in [0.717, 1.165) is 0 Å². The van der Waals surface area contributed by atoms with Crippen molar-refractivity contribution in [1.82, 2.24) is 0 Å². The van der Waals surface area contributed by atoms with E-state index >= 15 is 0 Å². The number of amides is 4. The summed E-state index contributed by atoms with van der Waals surface area (Å²) in [7, 11) is 0. The van der Waals surface area contributed by atoms with E-state index in [-0.39, 0.29) is 22.5 Å². The standard InChI is InChI=1S/C20H12N2O7/c1-9-3-5-11-13(7-9)21(17(25)15(11)23)19(27)29-20(28)22-14-8-10(2)4-6-12(14)16(24)18(22)26/h3-8H,1-2H3. The number of ketones is 2. The first-order valence-corrected chi connectivity index (χ1v) is 8.45. The monoisotopic (exact) mass is 392 g/mol. The van der Waals surface area contributed by atoms with Gasteiger partial charge in [-0.1, -0.05) is 12.1 Å². The van der Waals surface area contributed by atoms with E-state index in [0.29, 0.717) is 20.9 Å². The zero-order valence-corrected chi connectivity index (χ0v) is 15.2. The Bertz CT molecular complexity index is 1090. The Labute approximate surface area is 163 Å². The Balaban J connectivity index is 1.65. The van der Waals surface area contributed by atoms with E-state index < -0.39 is 35.6 Å². The predicted molar refractivity (Wildman–Crippen MR) is 97.9 cm³/mol. The topological polar surface area (TPSA) is 118 Å². The molecule has 4 rings (SSSR count). The van der Waals surface area contributed by atoms with Crippen LogP contribution in [-0.4, -0.2) is 35.6 Å². The van der Waals surface area contributed by atoms with Gasteiger partial charge < -0.3 is 4.74 Å². The molecule has 2 aromatic rings. The van der Waals surface area contributed by atoms with Crippen molar-refractivity contribution in [2.45, 2.75) is 13.8 Å². The summed E-state index contributed by atoms with van der Waals surface area (Å²) < 4.78 is 4.68. The first-order chi connectivity index (χ1) is 13.7. The minimum absolute atomic E-state index is 0.00149. The van der Waals surface area contributed by atoms with Crippen LogP contribution in [0.3, 0.4) is 0 Å². The van der Waals surface area contributed by atoms with Crippen LogP contribution in [0.5, 0.6) is 0 Å². The van der Waals surface area contributed by atoms with Gasteiger partial charge in [-0.2, -0.15) is 0 Å². The normalized spacial score (nSPS) is 15.0. The average molecular weight is 392 g/mol. The lowest BCUT2D eigenvalue weighted by Gasteiger charge is -2.17. The Kier molecular flexibility index (Phi) is 3.90. The van der Waals surface area contributed by atoms with Crippen LogP contribution >= 0.6 is 0 Å². The van der Waals surface area contributed by atoms with Crippen molar-refractivity contribution in [2.24, 2.45) is 0 Å². The molecule has 0 radical (unpaired) electrons. The van der Waals surface area contributed by atoms with Crippen LogP contribution in [0.2, 0.25) is 0 Å². The summed E-state index contributed by atoms with van der Waals surface area (Å²) in [5.74, 6) is -4.19. The highest BCUT2D eigenvalue weighted by molar-refractivity contribution is 6.57. The van der Waals surface area contributed by atoms with E-state index in [4.69, 9.17) is 0 Å². The zero-order valence-electron chi connectivity index (χ0n) is 15.2. The summed E-state index contributed by atoms with van der Waals surface area (Å²) in [6.07, 6.45) is -2.89. The molecule has 0 saturated heterocycles. The van der Waals surface area contributed by atoms with Gasteiger partial charge in [0.15, 0.2) is 0 Å². The van der Waals surface area contributed by atoms with Crippen LogP contribution in [0.4, 0.5) is 21.0 Å². The Hall–Kier alpha value is -4.14. The lowest BCUT2D eigenvalue weighted by molar-refractivity contribution is -0.114. The number of hydrogen-bond acceptors (Lipinski definition) is 7. The van der Waals surface area contributed by atoms with E-state index in [1.165, 1.54) is 24.3 Å². The number of carbonyl (C=O) groups is 6. The highest BCUT2D eigenvalue weighted by atomic mass is 16.6. The molecule has 29 heavy (non-hydrogen) atoms. The van der Waals surface area contributed by atoms with Gasteiger partial charge in [0, 0.05) is 0 Å². The van der Waals surface area contributed by atoms with Crippen molar-refractivity contribution in [3.63, 3.8) is 0 Å². The van der Waals surface area contributed by atoms with Crippen molar-refractivity contribution >= 4 is 46.9 Å². The number of carbonyl (C=O) groups excluding carboxylic acids is 6. The second-order valence-electron chi connectivity index (χ2n) is 6.61. The van der Waals surface area contributed by atoms with Crippen LogP contribution in [0.15, 0.2) is 36.4 Å². The lowest BCUT2D eigenvalue weighted by Crippen LogP contribution is -2.43. The fraction of sp³-hybridized carbons (Fsp3) is 0.100. The fourth-order valence-corrected chi connectivity index (χ4v) is 3.22. The number of benzene rings is 2. The van der Waals surface area contributed by atoms with E-state index in [1.807, 2.05) is 0 Å². The molecule has 0 bridgehead atoms. The van der Waals surface area contributed by atoms with E-state index in [2.05, 4.69) is 4.74 Å². The largest absolute Gasteiger partial charge is 0.430 e. The van der Waals surface area contributed by atoms with Gasteiger partial charge in [0.1, 0.15) is 0 Å². The molecule has 0 aliphatic carbocycles. The molecule has 0 N–H and O–H groups in total.